The summed E-state index contributed by atoms with van der Waals surface area (Å²) < 4.78 is 5.13. The average molecular weight is 287 g/mol. The van der Waals surface area contributed by atoms with Gasteiger partial charge in [0.15, 0.2) is 0 Å². The lowest BCUT2D eigenvalue weighted by Gasteiger charge is -2.16. The second-order valence-corrected chi connectivity index (χ2v) is 5.10. The topological polar surface area (TPSA) is 61.7 Å². The molecule has 4 nitrogen and oxygen atoms in total. The van der Waals surface area contributed by atoms with Crippen LogP contribution in [0, 0.1) is 0 Å². The van der Waals surface area contributed by atoms with Crippen LogP contribution in [0.4, 0.5) is 0 Å². The van der Waals surface area contributed by atoms with Crippen LogP contribution in [0.25, 0.3) is 0 Å². The molecule has 21 heavy (non-hydrogen) atoms. The zero-order chi connectivity index (χ0) is 15.2. The molecule has 2 rings (SSSR count). The summed E-state index contributed by atoms with van der Waals surface area (Å²) in [4.78, 5) is 0. The van der Waals surface area contributed by atoms with Crippen LogP contribution >= 0.6 is 0 Å². The fourth-order valence-electron chi connectivity index (χ4n) is 2.27. The minimum Gasteiger partial charge on any atom is -0.508 e. The van der Waals surface area contributed by atoms with E-state index < -0.39 is 0 Å². The molecule has 2 aromatic rings. The van der Waals surface area contributed by atoms with Crippen molar-refractivity contribution in [3.8, 4) is 11.5 Å². The highest BCUT2D eigenvalue weighted by Crippen LogP contribution is 2.27. The van der Waals surface area contributed by atoms with Gasteiger partial charge in [-0.15, -0.1) is 0 Å². The average Bonchev–Trinajstić information content (AvgIpc) is 2.48. The molecular weight excluding hydrogens is 266 g/mol. The number of benzene rings is 2. The Labute approximate surface area is 125 Å². The van der Waals surface area contributed by atoms with E-state index >= 15 is 0 Å². The van der Waals surface area contributed by atoms with Gasteiger partial charge in [0.25, 0.3) is 0 Å². The molecule has 2 aromatic carbocycles. The third-order valence-corrected chi connectivity index (χ3v) is 3.39. The second-order valence-electron chi connectivity index (χ2n) is 5.10. The van der Waals surface area contributed by atoms with E-state index in [4.69, 9.17) is 4.74 Å². The van der Waals surface area contributed by atoms with Crippen LogP contribution in [0.1, 0.15) is 29.7 Å². The molecule has 0 aliphatic carbocycles. The van der Waals surface area contributed by atoms with Gasteiger partial charge in [-0.05, 0) is 36.2 Å². The third kappa shape index (κ3) is 4.21. The fraction of sp³-hybridized carbons (Fsp3) is 0.294. The van der Waals surface area contributed by atoms with E-state index in [9.17, 15) is 10.2 Å². The van der Waals surface area contributed by atoms with Gasteiger partial charge in [-0.2, -0.15) is 0 Å². The van der Waals surface area contributed by atoms with Crippen LogP contribution < -0.4 is 5.32 Å². The van der Waals surface area contributed by atoms with Crippen molar-refractivity contribution in [2.45, 2.75) is 26.1 Å². The number of hydrogen-bond acceptors (Lipinski definition) is 4. The van der Waals surface area contributed by atoms with Crippen LogP contribution in [0.15, 0.2) is 42.5 Å². The smallest absolute Gasteiger partial charge is 0.120 e. The van der Waals surface area contributed by atoms with E-state index in [-0.39, 0.29) is 17.5 Å². The van der Waals surface area contributed by atoms with Crippen LogP contribution in [0.2, 0.25) is 0 Å². The highest BCUT2D eigenvalue weighted by Gasteiger charge is 2.10. The SMILES string of the molecule is COCc1cccc(CNC(C)c2cc(O)ccc2O)c1. The predicted octanol–water partition coefficient (Wildman–Crippen LogP) is 3.10. The standard InChI is InChI=1S/C17H21NO3/c1-12(16-9-15(19)6-7-17(16)20)18-10-13-4-3-5-14(8-13)11-21-2/h3-9,12,18-20H,10-11H2,1-2H3. The Morgan fingerprint density at radius 1 is 1.10 bits per heavy atom. The minimum atomic E-state index is -0.0665. The van der Waals surface area contributed by atoms with Crippen molar-refractivity contribution in [2.75, 3.05) is 7.11 Å². The zero-order valence-electron chi connectivity index (χ0n) is 12.3. The Morgan fingerprint density at radius 2 is 1.86 bits per heavy atom. The molecule has 1 atom stereocenters. The molecule has 0 spiro atoms. The molecule has 0 heterocycles. The van der Waals surface area contributed by atoms with Crippen molar-refractivity contribution in [2.24, 2.45) is 0 Å². The first kappa shape index (κ1) is 15.4. The summed E-state index contributed by atoms with van der Waals surface area (Å²) >= 11 is 0. The Morgan fingerprint density at radius 3 is 2.62 bits per heavy atom. The molecule has 0 bridgehead atoms. The van der Waals surface area contributed by atoms with Crippen molar-refractivity contribution < 1.29 is 14.9 Å². The van der Waals surface area contributed by atoms with E-state index in [1.54, 1.807) is 13.2 Å². The maximum absolute atomic E-state index is 9.85. The van der Waals surface area contributed by atoms with Crippen LogP contribution in [0.3, 0.4) is 0 Å². The van der Waals surface area contributed by atoms with Gasteiger partial charge in [-0.1, -0.05) is 24.3 Å². The van der Waals surface area contributed by atoms with E-state index in [0.29, 0.717) is 18.7 Å². The van der Waals surface area contributed by atoms with Crippen LogP contribution in [0.5, 0.6) is 11.5 Å². The molecular formula is C17H21NO3. The molecule has 0 radical (unpaired) electrons. The molecule has 4 heteroatoms. The summed E-state index contributed by atoms with van der Waals surface area (Å²) in [5.74, 6) is 0.333. The van der Waals surface area contributed by atoms with Crippen molar-refractivity contribution >= 4 is 0 Å². The molecule has 0 aromatic heterocycles. The summed E-state index contributed by atoms with van der Waals surface area (Å²) in [7, 11) is 1.68. The quantitative estimate of drug-likeness (QED) is 0.714. The molecule has 0 amide bonds. The Bertz CT molecular complexity index is 598. The van der Waals surface area contributed by atoms with Gasteiger partial charge in [-0.3, -0.25) is 0 Å². The van der Waals surface area contributed by atoms with Crippen molar-refractivity contribution in [1.82, 2.24) is 5.32 Å². The van der Waals surface area contributed by atoms with Crippen molar-refractivity contribution in [1.29, 1.82) is 0 Å². The van der Waals surface area contributed by atoms with Crippen molar-refractivity contribution in [3.05, 3.63) is 59.2 Å². The molecule has 0 aliphatic heterocycles. The molecule has 1 unspecified atom stereocenters. The van der Waals surface area contributed by atoms with Gasteiger partial charge in [0.2, 0.25) is 0 Å². The lowest BCUT2D eigenvalue weighted by Crippen LogP contribution is -2.18. The number of ether oxygens (including phenoxy) is 1. The van der Waals surface area contributed by atoms with E-state index in [2.05, 4.69) is 11.4 Å². The lowest BCUT2D eigenvalue weighted by molar-refractivity contribution is 0.185. The summed E-state index contributed by atoms with van der Waals surface area (Å²) in [6.45, 7) is 3.22. The molecule has 0 aliphatic rings. The monoisotopic (exact) mass is 287 g/mol. The summed E-state index contributed by atoms with van der Waals surface area (Å²) in [5.41, 5.74) is 2.96. The molecule has 112 valence electrons. The molecule has 3 N–H and O–H groups in total. The first-order valence-corrected chi connectivity index (χ1v) is 6.92. The molecule has 0 fully saturated rings. The van der Waals surface area contributed by atoms with Crippen LogP contribution in [-0.2, 0) is 17.9 Å². The van der Waals surface area contributed by atoms with Gasteiger partial charge in [0, 0.05) is 25.3 Å². The van der Waals surface area contributed by atoms with Gasteiger partial charge in [0.1, 0.15) is 11.5 Å². The highest BCUT2D eigenvalue weighted by atomic mass is 16.5. The number of methoxy groups -OCH3 is 1. The minimum absolute atomic E-state index is 0.0665. The normalized spacial score (nSPS) is 12.3. The number of phenols is 2. The zero-order valence-corrected chi connectivity index (χ0v) is 12.3. The largest absolute Gasteiger partial charge is 0.508 e. The van der Waals surface area contributed by atoms with Gasteiger partial charge >= 0.3 is 0 Å². The van der Waals surface area contributed by atoms with Gasteiger partial charge in [-0.25, -0.2) is 0 Å². The second kappa shape index (κ2) is 7.11. The first-order chi connectivity index (χ1) is 10.1. The van der Waals surface area contributed by atoms with Crippen molar-refractivity contribution in [3.63, 3.8) is 0 Å². The van der Waals surface area contributed by atoms with E-state index in [0.717, 1.165) is 11.1 Å². The van der Waals surface area contributed by atoms with Gasteiger partial charge in [0.05, 0.1) is 6.61 Å². The molecule has 0 saturated heterocycles. The fourth-order valence-corrected chi connectivity index (χ4v) is 2.27. The Balaban J connectivity index is 2.02. The summed E-state index contributed by atoms with van der Waals surface area (Å²) in [6.07, 6.45) is 0. The Kier molecular flexibility index (Phi) is 5.20. The predicted molar refractivity (Wildman–Crippen MR) is 82.2 cm³/mol. The maximum Gasteiger partial charge on any atom is 0.120 e. The maximum atomic E-state index is 9.85. The highest BCUT2D eigenvalue weighted by molar-refractivity contribution is 5.40. The third-order valence-electron chi connectivity index (χ3n) is 3.39. The number of phenolic OH excluding ortho intramolecular Hbond substituents is 2. The number of aromatic hydroxyl groups is 2. The van der Waals surface area contributed by atoms with Crippen LogP contribution in [-0.4, -0.2) is 17.3 Å². The first-order valence-electron chi connectivity index (χ1n) is 6.92. The number of rotatable bonds is 6. The number of nitrogens with one attached hydrogen (secondary N) is 1. The summed E-state index contributed by atoms with van der Waals surface area (Å²) in [6, 6.07) is 12.6. The van der Waals surface area contributed by atoms with Gasteiger partial charge < -0.3 is 20.3 Å². The van der Waals surface area contributed by atoms with E-state index in [1.807, 2.05) is 25.1 Å². The summed E-state index contributed by atoms with van der Waals surface area (Å²) in [5, 5.41) is 22.7. The lowest BCUT2D eigenvalue weighted by atomic mass is 10.1. The molecule has 0 saturated carbocycles. The van der Waals surface area contributed by atoms with E-state index in [1.165, 1.54) is 12.1 Å². The Hall–Kier alpha value is -2.04. The number of hydrogen-bond donors (Lipinski definition) is 3.